The summed E-state index contributed by atoms with van der Waals surface area (Å²) in [6.45, 7) is 6.37. The highest BCUT2D eigenvalue weighted by atomic mass is 32.2. The van der Waals surface area contributed by atoms with Crippen molar-refractivity contribution in [3.63, 3.8) is 0 Å². The average Bonchev–Trinajstić information content (AvgIpc) is 3.12. The van der Waals surface area contributed by atoms with Gasteiger partial charge in [0.25, 0.3) is 0 Å². The standard InChI is InChI=1S/C22H31N3O4S/c1-16-17(2)23-29-22(16)18-9-10-20(28-3)21(15-18)30(26,27)25-13-11-24(12-14-25)19-7-5-4-6-8-19/h9-10,15,19H,4-8,11-14H2,1-3H3. The van der Waals surface area contributed by atoms with Crippen LogP contribution in [0.5, 0.6) is 5.75 Å². The molecule has 2 fully saturated rings. The number of sulfonamides is 1. The predicted octanol–water partition coefficient (Wildman–Crippen LogP) is 3.61. The van der Waals surface area contributed by atoms with Gasteiger partial charge in [0.05, 0.1) is 12.8 Å². The molecule has 0 unspecified atom stereocenters. The molecule has 0 radical (unpaired) electrons. The number of hydrogen-bond acceptors (Lipinski definition) is 6. The molecule has 0 amide bonds. The van der Waals surface area contributed by atoms with Crippen molar-refractivity contribution < 1.29 is 17.7 Å². The summed E-state index contributed by atoms with van der Waals surface area (Å²) < 4.78 is 39.4. The maximum absolute atomic E-state index is 13.5. The van der Waals surface area contributed by atoms with Gasteiger partial charge in [-0.15, -0.1) is 0 Å². The molecule has 2 heterocycles. The Bertz CT molecular complexity index is 988. The van der Waals surface area contributed by atoms with Gasteiger partial charge in [-0.2, -0.15) is 4.31 Å². The smallest absolute Gasteiger partial charge is 0.246 e. The molecule has 30 heavy (non-hydrogen) atoms. The monoisotopic (exact) mass is 433 g/mol. The van der Waals surface area contributed by atoms with E-state index < -0.39 is 10.0 Å². The Morgan fingerprint density at radius 1 is 1.07 bits per heavy atom. The number of aryl methyl sites for hydroxylation is 1. The molecule has 0 N–H and O–H groups in total. The topological polar surface area (TPSA) is 75.9 Å². The zero-order valence-electron chi connectivity index (χ0n) is 18.1. The average molecular weight is 434 g/mol. The summed E-state index contributed by atoms with van der Waals surface area (Å²) in [5.41, 5.74) is 2.39. The minimum absolute atomic E-state index is 0.182. The molecule has 7 nitrogen and oxygen atoms in total. The lowest BCUT2D eigenvalue weighted by Crippen LogP contribution is -2.52. The van der Waals surface area contributed by atoms with E-state index in [2.05, 4.69) is 10.1 Å². The van der Waals surface area contributed by atoms with Gasteiger partial charge in [0.2, 0.25) is 10.0 Å². The van der Waals surface area contributed by atoms with E-state index in [4.69, 9.17) is 9.26 Å². The first-order chi connectivity index (χ1) is 14.4. The SMILES string of the molecule is COc1ccc(-c2onc(C)c2C)cc1S(=O)(=O)N1CCN(C2CCCCC2)CC1. The molecule has 1 aliphatic carbocycles. The van der Waals surface area contributed by atoms with Gasteiger partial charge in [-0.3, -0.25) is 4.90 Å². The third-order valence-electron chi connectivity index (χ3n) is 6.57. The fourth-order valence-electron chi connectivity index (χ4n) is 4.60. The number of hydrogen-bond donors (Lipinski definition) is 0. The molecule has 4 rings (SSSR count). The minimum Gasteiger partial charge on any atom is -0.495 e. The van der Waals surface area contributed by atoms with E-state index in [1.54, 1.807) is 16.4 Å². The molecule has 164 valence electrons. The zero-order chi connectivity index (χ0) is 21.3. The third kappa shape index (κ3) is 4.00. The van der Waals surface area contributed by atoms with Crippen LogP contribution in [0.4, 0.5) is 0 Å². The number of rotatable bonds is 5. The molecule has 2 aliphatic rings. The number of ether oxygens (including phenoxy) is 1. The van der Waals surface area contributed by atoms with Crippen molar-refractivity contribution in [2.45, 2.75) is 56.9 Å². The van der Waals surface area contributed by atoms with Crippen LogP contribution in [0.2, 0.25) is 0 Å². The van der Waals surface area contributed by atoms with Gasteiger partial charge in [0.1, 0.15) is 10.6 Å². The Kier molecular flexibility index (Phi) is 6.18. The van der Waals surface area contributed by atoms with Crippen LogP contribution in [0.25, 0.3) is 11.3 Å². The fraction of sp³-hybridized carbons (Fsp3) is 0.591. The second-order valence-electron chi connectivity index (χ2n) is 8.32. The maximum Gasteiger partial charge on any atom is 0.246 e. The number of nitrogens with zero attached hydrogens (tertiary/aromatic N) is 3. The first-order valence-electron chi connectivity index (χ1n) is 10.8. The number of piperazine rings is 1. The third-order valence-corrected chi connectivity index (χ3v) is 8.48. The molecule has 0 bridgehead atoms. The van der Waals surface area contributed by atoms with E-state index in [1.807, 2.05) is 19.9 Å². The van der Waals surface area contributed by atoms with E-state index in [9.17, 15) is 8.42 Å². The summed E-state index contributed by atoms with van der Waals surface area (Å²) in [7, 11) is -2.18. The summed E-state index contributed by atoms with van der Waals surface area (Å²) in [5.74, 6) is 0.941. The van der Waals surface area contributed by atoms with Crippen molar-refractivity contribution in [3.8, 4) is 17.1 Å². The minimum atomic E-state index is -3.68. The van der Waals surface area contributed by atoms with Crippen molar-refractivity contribution in [2.24, 2.45) is 0 Å². The van der Waals surface area contributed by atoms with Crippen LogP contribution < -0.4 is 4.74 Å². The highest BCUT2D eigenvalue weighted by Crippen LogP contribution is 2.34. The first-order valence-corrected chi connectivity index (χ1v) is 12.2. The van der Waals surface area contributed by atoms with Crippen LogP contribution in [-0.4, -0.2) is 62.1 Å². The van der Waals surface area contributed by atoms with Crippen LogP contribution in [-0.2, 0) is 10.0 Å². The molecule has 1 aromatic carbocycles. The van der Waals surface area contributed by atoms with Crippen LogP contribution in [0.15, 0.2) is 27.6 Å². The largest absolute Gasteiger partial charge is 0.495 e. The predicted molar refractivity (Wildman–Crippen MR) is 115 cm³/mol. The highest BCUT2D eigenvalue weighted by Gasteiger charge is 2.33. The maximum atomic E-state index is 13.5. The molecule has 8 heteroatoms. The second kappa shape index (κ2) is 8.69. The van der Waals surface area contributed by atoms with E-state index >= 15 is 0 Å². The Balaban J connectivity index is 1.57. The van der Waals surface area contributed by atoms with Crippen LogP contribution in [0.1, 0.15) is 43.4 Å². The summed E-state index contributed by atoms with van der Waals surface area (Å²) in [4.78, 5) is 2.65. The van der Waals surface area contributed by atoms with Gasteiger partial charge >= 0.3 is 0 Å². The van der Waals surface area contributed by atoms with Crippen LogP contribution in [0.3, 0.4) is 0 Å². The van der Waals surface area contributed by atoms with Crippen LogP contribution >= 0.6 is 0 Å². The lowest BCUT2D eigenvalue weighted by molar-refractivity contribution is 0.111. The van der Waals surface area contributed by atoms with E-state index in [1.165, 1.54) is 39.2 Å². The van der Waals surface area contributed by atoms with Gasteiger partial charge in [0.15, 0.2) is 5.76 Å². The summed E-state index contributed by atoms with van der Waals surface area (Å²) >= 11 is 0. The molecule has 0 spiro atoms. The van der Waals surface area contributed by atoms with Crippen molar-refractivity contribution in [1.29, 1.82) is 0 Å². The highest BCUT2D eigenvalue weighted by molar-refractivity contribution is 7.89. The van der Waals surface area contributed by atoms with Gasteiger partial charge in [-0.1, -0.05) is 24.4 Å². The second-order valence-corrected chi connectivity index (χ2v) is 10.2. The van der Waals surface area contributed by atoms with Gasteiger partial charge in [0, 0.05) is 43.3 Å². The van der Waals surface area contributed by atoms with Gasteiger partial charge < -0.3 is 9.26 Å². The Labute approximate surface area is 179 Å². The number of aromatic nitrogens is 1. The lowest BCUT2D eigenvalue weighted by Gasteiger charge is -2.40. The normalized spacial score (nSPS) is 19.8. The van der Waals surface area contributed by atoms with E-state index in [0.29, 0.717) is 36.2 Å². The number of benzene rings is 1. The molecule has 1 saturated heterocycles. The van der Waals surface area contributed by atoms with Crippen molar-refractivity contribution in [3.05, 3.63) is 29.5 Å². The fourth-order valence-corrected chi connectivity index (χ4v) is 6.20. The Morgan fingerprint density at radius 2 is 1.77 bits per heavy atom. The first kappa shape index (κ1) is 21.3. The van der Waals surface area contributed by atoms with Gasteiger partial charge in [-0.25, -0.2) is 8.42 Å². The summed E-state index contributed by atoms with van der Waals surface area (Å²) in [6.07, 6.45) is 6.36. The molecule has 1 aromatic heterocycles. The molecular formula is C22H31N3O4S. The lowest BCUT2D eigenvalue weighted by atomic mass is 9.94. The quantitative estimate of drug-likeness (QED) is 0.717. The Morgan fingerprint density at radius 3 is 2.37 bits per heavy atom. The van der Waals surface area contributed by atoms with Crippen molar-refractivity contribution in [2.75, 3.05) is 33.3 Å². The van der Waals surface area contributed by atoms with E-state index in [0.717, 1.165) is 24.3 Å². The van der Waals surface area contributed by atoms with Crippen molar-refractivity contribution >= 4 is 10.0 Å². The molecule has 0 atom stereocenters. The van der Waals surface area contributed by atoms with Gasteiger partial charge in [-0.05, 0) is 44.9 Å². The molecular weight excluding hydrogens is 402 g/mol. The summed E-state index contributed by atoms with van der Waals surface area (Å²) in [6, 6.07) is 5.76. The molecule has 1 aliphatic heterocycles. The zero-order valence-corrected chi connectivity index (χ0v) is 18.9. The summed E-state index contributed by atoms with van der Waals surface area (Å²) in [5, 5.41) is 4.00. The Hall–Kier alpha value is -1.90. The molecule has 1 saturated carbocycles. The number of methoxy groups -OCH3 is 1. The molecule has 2 aromatic rings. The van der Waals surface area contributed by atoms with Crippen LogP contribution in [0, 0.1) is 13.8 Å². The van der Waals surface area contributed by atoms with E-state index in [-0.39, 0.29) is 4.90 Å². The van der Waals surface area contributed by atoms with Crippen molar-refractivity contribution in [1.82, 2.24) is 14.4 Å².